The van der Waals surface area contributed by atoms with Gasteiger partial charge in [-0.05, 0) is 58.0 Å². The van der Waals surface area contributed by atoms with E-state index in [1.807, 2.05) is 13.8 Å². The van der Waals surface area contributed by atoms with Crippen LogP contribution in [-0.2, 0) is 0 Å². The number of carbonyl (C=O) groups excluding carboxylic acids is 2. The highest BCUT2D eigenvalue weighted by Crippen LogP contribution is 2.14. The van der Waals surface area contributed by atoms with Crippen molar-refractivity contribution in [2.24, 2.45) is 0 Å². The Morgan fingerprint density at radius 3 is 2.17 bits per heavy atom. The maximum atomic E-state index is 12.0. The van der Waals surface area contributed by atoms with Gasteiger partial charge in [0.25, 0.3) is 11.8 Å². The van der Waals surface area contributed by atoms with Crippen molar-refractivity contribution in [3.8, 4) is 5.75 Å². The lowest BCUT2D eigenvalue weighted by Gasteiger charge is -2.10. The van der Waals surface area contributed by atoms with Crippen molar-refractivity contribution in [1.29, 1.82) is 0 Å². The molecule has 0 radical (unpaired) electrons. The number of rotatable bonds is 4. The third-order valence-corrected chi connectivity index (χ3v) is 3.06. The van der Waals surface area contributed by atoms with Crippen molar-refractivity contribution in [2.45, 2.75) is 33.8 Å². The third kappa shape index (κ3) is 4.35. The van der Waals surface area contributed by atoms with Gasteiger partial charge in [0, 0.05) is 5.56 Å². The molecule has 0 fully saturated rings. The summed E-state index contributed by atoms with van der Waals surface area (Å²) in [5.74, 6) is 0.994. The van der Waals surface area contributed by atoms with Crippen molar-refractivity contribution in [3.63, 3.8) is 0 Å². The average Bonchev–Trinajstić information content (AvgIpc) is 2.83. The molecule has 0 atom stereocenters. The van der Waals surface area contributed by atoms with Crippen molar-refractivity contribution in [2.75, 3.05) is 0 Å². The smallest absolute Gasteiger partial charge is 0.273 e. The zero-order valence-electron chi connectivity index (χ0n) is 13.6. The molecule has 6 heteroatoms. The van der Waals surface area contributed by atoms with Crippen LogP contribution >= 0.6 is 0 Å². The molecule has 1 aromatic heterocycles. The lowest BCUT2D eigenvalue weighted by atomic mass is 10.2. The molecule has 0 saturated heterocycles. The first-order valence-corrected chi connectivity index (χ1v) is 7.31. The van der Waals surface area contributed by atoms with Crippen molar-refractivity contribution in [3.05, 3.63) is 53.0 Å². The van der Waals surface area contributed by atoms with Crippen LogP contribution in [0.1, 0.15) is 46.1 Å². The maximum Gasteiger partial charge on any atom is 0.273 e. The van der Waals surface area contributed by atoms with Gasteiger partial charge in [-0.2, -0.15) is 0 Å². The summed E-state index contributed by atoms with van der Waals surface area (Å²) in [5.41, 5.74) is 5.55. The summed E-state index contributed by atoms with van der Waals surface area (Å²) in [5, 5.41) is 0. The molecule has 0 unspecified atom stereocenters. The quantitative estimate of drug-likeness (QED) is 0.850. The van der Waals surface area contributed by atoms with Gasteiger partial charge in [-0.25, -0.2) is 0 Å². The molecule has 0 aliphatic carbocycles. The summed E-state index contributed by atoms with van der Waals surface area (Å²) < 4.78 is 10.8. The highest BCUT2D eigenvalue weighted by molar-refractivity contribution is 5.99. The van der Waals surface area contributed by atoms with E-state index in [4.69, 9.17) is 9.15 Å². The minimum Gasteiger partial charge on any atom is -0.491 e. The first-order valence-electron chi connectivity index (χ1n) is 7.31. The number of hydrogen-bond acceptors (Lipinski definition) is 4. The average molecular weight is 316 g/mol. The van der Waals surface area contributed by atoms with Crippen LogP contribution in [0.2, 0.25) is 0 Å². The largest absolute Gasteiger partial charge is 0.491 e. The first kappa shape index (κ1) is 16.6. The normalized spacial score (nSPS) is 10.5. The zero-order valence-corrected chi connectivity index (χ0v) is 13.6. The lowest BCUT2D eigenvalue weighted by molar-refractivity contribution is 0.0845. The molecule has 122 valence electrons. The van der Waals surface area contributed by atoms with E-state index in [1.165, 1.54) is 0 Å². The Morgan fingerprint density at radius 2 is 1.65 bits per heavy atom. The zero-order chi connectivity index (χ0) is 17.0. The fourth-order valence-corrected chi connectivity index (χ4v) is 2.07. The Hall–Kier alpha value is -2.76. The molecule has 2 rings (SSSR count). The van der Waals surface area contributed by atoms with Gasteiger partial charge in [0.15, 0.2) is 0 Å². The summed E-state index contributed by atoms with van der Waals surface area (Å²) in [6.45, 7) is 7.30. The number of aryl methyl sites for hydroxylation is 2. The summed E-state index contributed by atoms with van der Waals surface area (Å²) >= 11 is 0. The summed E-state index contributed by atoms with van der Waals surface area (Å²) in [4.78, 5) is 24.0. The van der Waals surface area contributed by atoms with E-state index < -0.39 is 11.8 Å². The van der Waals surface area contributed by atoms with E-state index in [0.717, 1.165) is 0 Å². The molecule has 0 spiro atoms. The van der Waals surface area contributed by atoms with E-state index in [9.17, 15) is 9.59 Å². The van der Waals surface area contributed by atoms with E-state index in [0.29, 0.717) is 28.4 Å². The van der Waals surface area contributed by atoms with Crippen molar-refractivity contribution < 1.29 is 18.7 Å². The molecule has 6 nitrogen and oxygen atoms in total. The molecule has 0 bridgehead atoms. The second-order valence-electron chi connectivity index (χ2n) is 5.43. The number of amides is 2. The van der Waals surface area contributed by atoms with Gasteiger partial charge in [0.1, 0.15) is 17.3 Å². The van der Waals surface area contributed by atoms with Crippen LogP contribution in [0.5, 0.6) is 5.75 Å². The number of hydrazine groups is 1. The Labute approximate surface area is 134 Å². The monoisotopic (exact) mass is 316 g/mol. The van der Waals surface area contributed by atoms with Gasteiger partial charge in [0.05, 0.1) is 11.7 Å². The molecule has 23 heavy (non-hydrogen) atoms. The van der Waals surface area contributed by atoms with Crippen LogP contribution in [0, 0.1) is 13.8 Å². The molecule has 0 aliphatic rings. The van der Waals surface area contributed by atoms with Crippen molar-refractivity contribution in [1.82, 2.24) is 10.9 Å². The second-order valence-corrected chi connectivity index (χ2v) is 5.43. The fraction of sp³-hybridized carbons (Fsp3) is 0.294. The Bertz CT molecular complexity index is 702. The third-order valence-electron chi connectivity index (χ3n) is 3.06. The molecule has 2 amide bonds. The predicted molar refractivity (Wildman–Crippen MR) is 85.3 cm³/mol. The van der Waals surface area contributed by atoms with Crippen LogP contribution in [0.4, 0.5) is 0 Å². The number of ether oxygens (including phenoxy) is 1. The predicted octanol–water partition coefficient (Wildman–Crippen LogP) is 2.76. The number of furan rings is 1. The highest BCUT2D eigenvalue weighted by Gasteiger charge is 2.14. The second kappa shape index (κ2) is 7.00. The van der Waals surface area contributed by atoms with E-state index in [1.54, 1.807) is 44.2 Å². The standard InChI is InChI=1S/C17H20N2O4/c1-10(2)22-14-7-5-13(6-8-14)16(20)18-19-17(21)15-9-11(3)23-12(15)4/h5-10H,1-4H3,(H,18,20)(H,19,21). The van der Waals surface area contributed by atoms with E-state index in [2.05, 4.69) is 10.9 Å². The topological polar surface area (TPSA) is 80.6 Å². The molecular formula is C17H20N2O4. The number of benzene rings is 1. The molecule has 1 heterocycles. The van der Waals surface area contributed by atoms with Gasteiger partial charge in [-0.3, -0.25) is 20.4 Å². The van der Waals surface area contributed by atoms with Crippen LogP contribution in [-0.4, -0.2) is 17.9 Å². The summed E-state index contributed by atoms with van der Waals surface area (Å²) in [7, 11) is 0. The van der Waals surface area contributed by atoms with E-state index >= 15 is 0 Å². The molecule has 0 aliphatic heterocycles. The Kier molecular flexibility index (Phi) is 5.05. The minimum absolute atomic E-state index is 0.0654. The van der Waals surface area contributed by atoms with Crippen LogP contribution in [0.15, 0.2) is 34.7 Å². The highest BCUT2D eigenvalue weighted by atomic mass is 16.5. The first-order chi connectivity index (χ1) is 10.9. The van der Waals surface area contributed by atoms with Crippen LogP contribution in [0.25, 0.3) is 0 Å². The molecule has 1 aromatic carbocycles. The van der Waals surface area contributed by atoms with Gasteiger partial charge in [-0.1, -0.05) is 0 Å². The van der Waals surface area contributed by atoms with Crippen LogP contribution in [0.3, 0.4) is 0 Å². The Balaban J connectivity index is 1.94. The Morgan fingerprint density at radius 1 is 1.04 bits per heavy atom. The van der Waals surface area contributed by atoms with Gasteiger partial charge < -0.3 is 9.15 Å². The van der Waals surface area contributed by atoms with Crippen molar-refractivity contribution >= 4 is 11.8 Å². The molecular weight excluding hydrogens is 296 g/mol. The van der Waals surface area contributed by atoms with Gasteiger partial charge in [-0.15, -0.1) is 0 Å². The molecule has 2 aromatic rings. The number of nitrogens with one attached hydrogen (secondary N) is 2. The number of carbonyl (C=O) groups is 2. The minimum atomic E-state index is -0.424. The molecule has 2 N–H and O–H groups in total. The SMILES string of the molecule is Cc1cc(C(=O)NNC(=O)c2ccc(OC(C)C)cc2)c(C)o1. The fourth-order valence-electron chi connectivity index (χ4n) is 2.07. The maximum absolute atomic E-state index is 12.0. The summed E-state index contributed by atoms with van der Waals surface area (Å²) in [6.07, 6.45) is 0.0654. The summed E-state index contributed by atoms with van der Waals surface area (Å²) in [6, 6.07) is 8.30. The lowest BCUT2D eigenvalue weighted by Crippen LogP contribution is -2.41. The number of hydrogen-bond donors (Lipinski definition) is 2. The molecule has 0 saturated carbocycles. The van der Waals surface area contributed by atoms with Gasteiger partial charge >= 0.3 is 0 Å². The van der Waals surface area contributed by atoms with Crippen LogP contribution < -0.4 is 15.6 Å². The van der Waals surface area contributed by atoms with Gasteiger partial charge in [0.2, 0.25) is 0 Å². The van der Waals surface area contributed by atoms with E-state index in [-0.39, 0.29) is 6.10 Å².